The summed E-state index contributed by atoms with van der Waals surface area (Å²) in [5.41, 5.74) is -0.621. The van der Waals surface area contributed by atoms with Gasteiger partial charge in [-0.1, -0.05) is 13.0 Å². The summed E-state index contributed by atoms with van der Waals surface area (Å²) in [5.74, 6) is -1.28. The Hall–Kier alpha value is -2.31. The van der Waals surface area contributed by atoms with Crippen LogP contribution < -0.4 is 5.32 Å². The molecule has 1 aromatic carbocycles. The number of esters is 1. The molecule has 0 saturated heterocycles. The topological polar surface area (TPSA) is 55.4 Å². The summed E-state index contributed by atoms with van der Waals surface area (Å²) < 4.78 is 41.7. The minimum Gasteiger partial charge on any atom is -0.452 e. The Kier molecular flexibility index (Phi) is 5.95. The number of carbonyl (C=O) groups excluding carboxylic acids is 2. The van der Waals surface area contributed by atoms with Crippen molar-refractivity contribution in [1.82, 2.24) is 0 Å². The number of nitrogens with one attached hydrogen (secondary N) is 1. The summed E-state index contributed by atoms with van der Waals surface area (Å²) in [6.07, 6.45) is -0.988. The normalized spacial score (nSPS) is 11.4. The van der Waals surface area contributed by atoms with E-state index in [2.05, 4.69) is 10.1 Å². The third-order valence-corrected chi connectivity index (χ3v) is 2.33. The number of allylic oxidation sites excluding steroid dienone is 1. The van der Waals surface area contributed by atoms with Crippen LogP contribution in [0, 0.1) is 0 Å². The van der Waals surface area contributed by atoms with E-state index >= 15 is 0 Å². The molecule has 0 unspecified atom stereocenters. The highest BCUT2D eigenvalue weighted by atomic mass is 19.4. The maximum Gasteiger partial charge on any atom is 0.416 e. The summed E-state index contributed by atoms with van der Waals surface area (Å²) in [6, 6.07) is 3.95. The molecule has 0 aromatic heterocycles. The van der Waals surface area contributed by atoms with Crippen molar-refractivity contribution in [2.75, 3.05) is 11.9 Å². The highest BCUT2D eigenvalue weighted by Gasteiger charge is 2.29. The lowest BCUT2D eigenvalue weighted by molar-refractivity contribution is -0.142. The Labute approximate surface area is 119 Å². The lowest BCUT2D eigenvalue weighted by atomic mass is 10.2. The van der Waals surface area contributed by atoms with Crippen LogP contribution in [-0.2, 0) is 20.5 Å². The minimum absolute atomic E-state index is 0.188. The van der Waals surface area contributed by atoms with Crippen molar-refractivity contribution in [2.24, 2.45) is 0 Å². The summed E-state index contributed by atoms with van der Waals surface area (Å²) in [7, 11) is 0. The molecule has 0 spiro atoms. The Bertz CT molecular complexity index is 521. The van der Waals surface area contributed by atoms with Gasteiger partial charge < -0.3 is 10.1 Å². The fourth-order valence-electron chi connectivity index (χ4n) is 1.34. The first-order valence-corrected chi connectivity index (χ1v) is 6.13. The quantitative estimate of drug-likeness (QED) is 0.671. The lowest BCUT2D eigenvalue weighted by Gasteiger charge is -2.08. The summed E-state index contributed by atoms with van der Waals surface area (Å²) in [4.78, 5) is 22.5. The van der Waals surface area contributed by atoms with Crippen molar-refractivity contribution in [3.8, 4) is 0 Å². The van der Waals surface area contributed by atoms with E-state index in [-0.39, 0.29) is 5.69 Å². The molecule has 1 aromatic rings. The molecule has 1 N–H and O–H groups in total. The van der Waals surface area contributed by atoms with Crippen LogP contribution in [0.25, 0.3) is 0 Å². The van der Waals surface area contributed by atoms with Crippen LogP contribution in [0.3, 0.4) is 0 Å². The zero-order chi connectivity index (χ0) is 15.9. The van der Waals surface area contributed by atoms with Crippen molar-refractivity contribution < 1.29 is 27.5 Å². The molecule has 0 atom stereocenters. The summed E-state index contributed by atoms with van der Waals surface area (Å²) >= 11 is 0. The van der Waals surface area contributed by atoms with Gasteiger partial charge in [0.05, 0.1) is 5.56 Å². The molecule has 0 bridgehead atoms. The number of benzene rings is 1. The van der Waals surface area contributed by atoms with Crippen LogP contribution >= 0.6 is 0 Å². The number of ether oxygens (including phenoxy) is 1. The first-order valence-electron chi connectivity index (χ1n) is 6.13. The monoisotopic (exact) mass is 301 g/mol. The van der Waals surface area contributed by atoms with Crippen molar-refractivity contribution >= 4 is 17.6 Å². The number of alkyl halides is 3. The van der Waals surface area contributed by atoms with Crippen LogP contribution in [0.5, 0.6) is 0 Å². The number of halogens is 3. The van der Waals surface area contributed by atoms with Gasteiger partial charge in [-0.3, -0.25) is 4.79 Å². The average Bonchev–Trinajstić information content (AvgIpc) is 2.42. The second-order valence-electron chi connectivity index (χ2n) is 4.04. The number of amides is 1. The van der Waals surface area contributed by atoms with Crippen molar-refractivity contribution in [2.45, 2.75) is 19.5 Å². The van der Waals surface area contributed by atoms with E-state index in [0.29, 0.717) is 6.42 Å². The molecule has 0 saturated carbocycles. The Morgan fingerprint density at radius 1 is 1.24 bits per heavy atom. The molecule has 0 aliphatic heterocycles. The second-order valence-corrected chi connectivity index (χ2v) is 4.04. The molecule has 1 amide bonds. The first kappa shape index (κ1) is 16.7. The summed E-state index contributed by atoms with van der Waals surface area (Å²) in [6.45, 7) is 1.33. The molecule has 0 heterocycles. The molecule has 7 heteroatoms. The van der Waals surface area contributed by atoms with Crippen LogP contribution in [0.4, 0.5) is 18.9 Å². The van der Waals surface area contributed by atoms with E-state index < -0.39 is 30.2 Å². The number of hydrogen-bond donors (Lipinski definition) is 1. The van der Waals surface area contributed by atoms with E-state index in [0.717, 1.165) is 24.3 Å². The Balaban J connectivity index is 2.48. The van der Waals surface area contributed by atoms with E-state index in [1.54, 1.807) is 6.08 Å². The zero-order valence-electron chi connectivity index (χ0n) is 11.2. The third kappa shape index (κ3) is 6.11. The predicted molar refractivity (Wildman–Crippen MR) is 70.5 cm³/mol. The zero-order valence-corrected chi connectivity index (χ0v) is 11.2. The van der Waals surface area contributed by atoms with E-state index in [4.69, 9.17) is 0 Å². The molecule has 0 aliphatic rings. The number of anilines is 1. The maximum atomic E-state index is 12.3. The van der Waals surface area contributed by atoms with Gasteiger partial charge in [-0.05, 0) is 30.7 Å². The largest absolute Gasteiger partial charge is 0.452 e. The molecule has 114 valence electrons. The highest BCUT2D eigenvalue weighted by Crippen LogP contribution is 2.29. The number of carbonyl (C=O) groups is 2. The van der Waals surface area contributed by atoms with E-state index in [9.17, 15) is 22.8 Å². The smallest absolute Gasteiger partial charge is 0.416 e. The molecular formula is C14H14F3NO3. The summed E-state index contributed by atoms with van der Waals surface area (Å²) in [5, 5.41) is 2.32. The van der Waals surface area contributed by atoms with Crippen LogP contribution in [0.15, 0.2) is 36.4 Å². The highest BCUT2D eigenvalue weighted by molar-refractivity contribution is 5.93. The molecule has 0 radical (unpaired) electrons. The van der Waals surface area contributed by atoms with Gasteiger partial charge in [0.25, 0.3) is 5.91 Å². The third-order valence-electron chi connectivity index (χ3n) is 2.33. The SMILES string of the molecule is CC/C=C/C(=O)OCC(=O)Nc1ccc(C(F)(F)F)cc1. The average molecular weight is 301 g/mol. The van der Waals surface area contributed by atoms with E-state index in [1.165, 1.54) is 6.08 Å². The molecular weight excluding hydrogens is 287 g/mol. The van der Waals surface area contributed by atoms with Crippen molar-refractivity contribution in [1.29, 1.82) is 0 Å². The standard InChI is InChI=1S/C14H14F3NO3/c1-2-3-4-13(20)21-9-12(19)18-11-7-5-10(6-8-11)14(15,16)17/h3-8H,2,9H2,1H3,(H,18,19)/b4-3+. The van der Waals surface area contributed by atoms with E-state index in [1.807, 2.05) is 6.92 Å². The Morgan fingerprint density at radius 3 is 2.38 bits per heavy atom. The minimum atomic E-state index is -4.43. The second kappa shape index (κ2) is 7.47. The van der Waals surface area contributed by atoms with Gasteiger partial charge in [0.1, 0.15) is 0 Å². The van der Waals surface area contributed by atoms with Crippen molar-refractivity contribution in [3.63, 3.8) is 0 Å². The molecule has 0 fully saturated rings. The fraction of sp³-hybridized carbons (Fsp3) is 0.286. The predicted octanol–water partition coefficient (Wildman–Crippen LogP) is 3.15. The van der Waals surface area contributed by atoms with Crippen LogP contribution in [0.2, 0.25) is 0 Å². The van der Waals surface area contributed by atoms with Crippen molar-refractivity contribution in [3.05, 3.63) is 42.0 Å². The van der Waals surface area contributed by atoms with Gasteiger partial charge in [0.2, 0.25) is 0 Å². The number of hydrogen-bond acceptors (Lipinski definition) is 3. The molecule has 0 aliphatic carbocycles. The lowest BCUT2D eigenvalue weighted by Crippen LogP contribution is -2.20. The number of rotatable bonds is 5. The van der Waals surface area contributed by atoms with Crippen LogP contribution in [-0.4, -0.2) is 18.5 Å². The first-order chi connectivity index (χ1) is 9.82. The molecule has 1 rings (SSSR count). The Morgan fingerprint density at radius 2 is 1.86 bits per heavy atom. The molecule has 4 nitrogen and oxygen atoms in total. The van der Waals surface area contributed by atoms with Gasteiger partial charge >= 0.3 is 12.1 Å². The fourth-order valence-corrected chi connectivity index (χ4v) is 1.34. The van der Waals surface area contributed by atoms with Gasteiger partial charge in [-0.2, -0.15) is 13.2 Å². The van der Waals surface area contributed by atoms with Gasteiger partial charge in [0.15, 0.2) is 6.61 Å². The van der Waals surface area contributed by atoms with Gasteiger partial charge in [0, 0.05) is 11.8 Å². The van der Waals surface area contributed by atoms with Gasteiger partial charge in [-0.15, -0.1) is 0 Å². The maximum absolute atomic E-state index is 12.3. The van der Waals surface area contributed by atoms with Crippen LogP contribution in [0.1, 0.15) is 18.9 Å². The molecule has 21 heavy (non-hydrogen) atoms. The van der Waals surface area contributed by atoms with Gasteiger partial charge in [-0.25, -0.2) is 4.79 Å².